The highest BCUT2D eigenvalue weighted by Gasteiger charge is 2.07. The summed E-state index contributed by atoms with van der Waals surface area (Å²) in [4.78, 5) is 0.939. The van der Waals surface area contributed by atoms with Crippen LogP contribution in [0.2, 0.25) is 0 Å². The van der Waals surface area contributed by atoms with Gasteiger partial charge in [-0.25, -0.2) is 8.42 Å². The number of sulfone groups is 1. The molecule has 2 aromatic rings. The van der Waals surface area contributed by atoms with Crippen LogP contribution >= 0.6 is 27.3 Å². The second-order valence-electron chi connectivity index (χ2n) is 3.75. The van der Waals surface area contributed by atoms with E-state index in [1.54, 1.807) is 18.2 Å². The fourth-order valence-electron chi connectivity index (χ4n) is 1.42. The van der Waals surface area contributed by atoms with Crippen LogP contribution in [0.4, 0.5) is 0 Å². The van der Waals surface area contributed by atoms with Crippen molar-refractivity contribution in [2.75, 3.05) is 0 Å². The molecule has 0 aliphatic heterocycles. The van der Waals surface area contributed by atoms with E-state index in [-0.39, 0.29) is 5.75 Å². The minimum Gasteiger partial charge on any atom is -0.224 e. The minimum absolute atomic E-state index is 0.0299. The van der Waals surface area contributed by atoms with Gasteiger partial charge in [0.05, 0.1) is 5.75 Å². The fourth-order valence-corrected chi connectivity index (χ4v) is 3.49. The summed E-state index contributed by atoms with van der Waals surface area (Å²) in [6.07, 6.45) is 1.64. The molecule has 0 spiro atoms. The molecule has 5 heteroatoms. The highest BCUT2D eigenvalue weighted by atomic mass is 79.9. The fraction of sp³-hybridized carbons (Fsp3) is 0.0769. The summed E-state index contributed by atoms with van der Waals surface area (Å²) >= 11 is 4.83. The zero-order valence-electron chi connectivity index (χ0n) is 9.41. The Balaban J connectivity index is 2.10. The molecule has 2 nitrogen and oxygen atoms in total. The van der Waals surface area contributed by atoms with Crippen molar-refractivity contribution in [2.24, 2.45) is 0 Å². The number of rotatable bonds is 4. The van der Waals surface area contributed by atoms with E-state index in [2.05, 4.69) is 15.9 Å². The van der Waals surface area contributed by atoms with Crippen molar-refractivity contribution in [1.82, 2.24) is 0 Å². The second-order valence-corrected chi connectivity index (χ2v) is 7.53. The van der Waals surface area contributed by atoms with Gasteiger partial charge in [-0.1, -0.05) is 34.1 Å². The summed E-state index contributed by atoms with van der Waals surface area (Å²) < 4.78 is 24.7. The van der Waals surface area contributed by atoms with Crippen LogP contribution in [-0.2, 0) is 15.6 Å². The van der Waals surface area contributed by atoms with E-state index < -0.39 is 9.84 Å². The Hall–Kier alpha value is -0.910. The van der Waals surface area contributed by atoms with Crippen molar-refractivity contribution in [3.05, 3.63) is 62.1 Å². The van der Waals surface area contributed by atoms with Crippen LogP contribution in [0, 0.1) is 0 Å². The van der Waals surface area contributed by atoms with E-state index in [0.717, 1.165) is 14.9 Å². The molecule has 0 aliphatic carbocycles. The Morgan fingerprint density at radius 3 is 2.50 bits per heavy atom. The maximum absolute atomic E-state index is 11.9. The molecular weight excluding hydrogens is 332 g/mol. The van der Waals surface area contributed by atoms with E-state index in [9.17, 15) is 8.42 Å². The quantitative estimate of drug-likeness (QED) is 0.838. The van der Waals surface area contributed by atoms with E-state index in [0.29, 0.717) is 0 Å². The molecule has 0 bridgehead atoms. The van der Waals surface area contributed by atoms with Gasteiger partial charge >= 0.3 is 0 Å². The number of hydrogen-bond acceptors (Lipinski definition) is 3. The lowest BCUT2D eigenvalue weighted by Crippen LogP contribution is -1.99. The van der Waals surface area contributed by atoms with Gasteiger partial charge in [0.25, 0.3) is 0 Å². The topological polar surface area (TPSA) is 34.1 Å². The Labute approximate surface area is 119 Å². The van der Waals surface area contributed by atoms with Crippen LogP contribution in [0.15, 0.2) is 51.7 Å². The van der Waals surface area contributed by atoms with Crippen LogP contribution in [0.1, 0.15) is 10.4 Å². The molecule has 94 valence electrons. The Morgan fingerprint density at radius 2 is 1.89 bits per heavy atom. The van der Waals surface area contributed by atoms with Crippen molar-refractivity contribution < 1.29 is 8.42 Å². The van der Waals surface area contributed by atoms with E-state index >= 15 is 0 Å². The second kappa shape index (κ2) is 5.82. The van der Waals surface area contributed by atoms with Gasteiger partial charge in [0.2, 0.25) is 0 Å². The first-order valence-electron chi connectivity index (χ1n) is 5.24. The molecule has 0 atom stereocenters. The summed E-state index contributed by atoms with van der Waals surface area (Å²) in [6.45, 7) is 0. The predicted octanol–water partition coefficient (Wildman–Crippen LogP) is 4.10. The van der Waals surface area contributed by atoms with Gasteiger partial charge in [-0.2, -0.15) is 0 Å². The third-order valence-corrected chi connectivity index (χ3v) is 4.92. The Kier molecular flexibility index (Phi) is 4.37. The van der Waals surface area contributed by atoms with Crippen LogP contribution in [0.25, 0.3) is 6.08 Å². The lowest BCUT2D eigenvalue weighted by atomic mass is 10.2. The van der Waals surface area contributed by atoms with Gasteiger partial charge in [-0.3, -0.25) is 0 Å². The lowest BCUT2D eigenvalue weighted by molar-refractivity contribution is 0.604. The molecule has 0 amide bonds. The van der Waals surface area contributed by atoms with E-state index in [1.165, 1.54) is 16.7 Å². The monoisotopic (exact) mass is 342 g/mol. The Morgan fingerprint density at radius 1 is 1.17 bits per heavy atom. The molecule has 0 unspecified atom stereocenters. The highest BCUT2D eigenvalue weighted by Crippen LogP contribution is 2.15. The molecule has 18 heavy (non-hydrogen) atoms. The van der Waals surface area contributed by atoms with Crippen LogP contribution < -0.4 is 0 Å². The summed E-state index contributed by atoms with van der Waals surface area (Å²) in [7, 11) is -3.21. The molecule has 1 heterocycles. The SMILES string of the molecule is O=S(=O)(C=Cc1cccs1)Cc1ccc(Br)cc1. The maximum Gasteiger partial charge on any atom is 0.175 e. The number of benzene rings is 1. The molecule has 1 aromatic heterocycles. The smallest absolute Gasteiger partial charge is 0.175 e. The zero-order chi connectivity index (χ0) is 13.0. The van der Waals surface area contributed by atoms with Gasteiger partial charge < -0.3 is 0 Å². The molecule has 2 rings (SSSR count). The largest absolute Gasteiger partial charge is 0.224 e. The normalized spacial score (nSPS) is 12.1. The van der Waals surface area contributed by atoms with Crippen molar-refractivity contribution in [3.8, 4) is 0 Å². The van der Waals surface area contributed by atoms with Gasteiger partial charge in [-0.15, -0.1) is 11.3 Å². The van der Waals surface area contributed by atoms with Crippen LogP contribution in [0.5, 0.6) is 0 Å². The van der Waals surface area contributed by atoms with E-state index in [1.807, 2.05) is 29.6 Å². The highest BCUT2D eigenvalue weighted by molar-refractivity contribution is 9.10. The molecule has 0 aliphatic rings. The average molecular weight is 343 g/mol. The number of thiophene rings is 1. The van der Waals surface area contributed by atoms with Gasteiger partial charge in [0, 0.05) is 14.8 Å². The Bertz CT molecular complexity index is 626. The first kappa shape index (κ1) is 13.5. The van der Waals surface area contributed by atoms with Crippen LogP contribution in [0.3, 0.4) is 0 Å². The lowest BCUT2D eigenvalue weighted by Gasteiger charge is -2.00. The zero-order valence-corrected chi connectivity index (χ0v) is 12.6. The molecule has 0 saturated heterocycles. The maximum atomic E-state index is 11.9. The van der Waals surface area contributed by atoms with Gasteiger partial charge in [0.15, 0.2) is 9.84 Å². The van der Waals surface area contributed by atoms with Crippen LogP contribution in [-0.4, -0.2) is 8.42 Å². The predicted molar refractivity (Wildman–Crippen MR) is 80.1 cm³/mol. The molecule has 0 radical (unpaired) electrons. The molecule has 0 N–H and O–H groups in total. The number of halogens is 1. The molecule has 0 fully saturated rings. The van der Waals surface area contributed by atoms with Crippen molar-refractivity contribution in [3.63, 3.8) is 0 Å². The van der Waals surface area contributed by atoms with Gasteiger partial charge in [-0.05, 0) is 35.2 Å². The van der Waals surface area contributed by atoms with E-state index in [4.69, 9.17) is 0 Å². The molecular formula is C13H11BrO2S2. The standard InChI is InChI=1S/C13H11BrO2S2/c14-12-5-3-11(4-6-12)10-18(15,16)9-7-13-2-1-8-17-13/h1-9H,10H2. The third-order valence-electron chi connectivity index (χ3n) is 2.26. The summed E-state index contributed by atoms with van der Waals surface area (Å²) in [5, 5.41) is 3.20. The first-order valence-corrected chi connectivity index (χ1v) is 8.63. The first-order chi connectivity index (χ1) is 8.55. The molecule has 0 saturated carbocycles. The summed E-state index contributed by atoms with van der Waals surface area (Å²) in [5.74, 6) is 0.0299. The van der Waals surface area contributed by atoms with Gasteiger partial charge in [0.1, 0.15) is 0 Å². The van der Waals surface area contributed by atoms with Crippen molar-refractivity contribution in [2.45, 2.75) is 5.75 Å². The minimum atomic E-state index is -3.21. The van der Waals surface area contributed by atoms with Crippen molar-refractivity contribution in [1.29, 1.82) is 0 Å². The summed E-state index contributed by atoms with van der Waals surface area (Å²) in [5.41, 5.74) is 0.786. The van der Waals surface area contributed by atoms with Crippen molar-refractivity contribution >= 4 is 43.2 Å². The summed E-state index contributed by atoms with van der Waals surface area (Å²) in [6, 6.07) is 11.1. The molecule has 1 aromatic carbocycles. The average Bonchev–Trinajstić information content (AvgIpc) is 2.83. The number of hydrogen-bond donors (Lipinski definition) is 0. The third kappa shape index (κ3) is 4.08.